The van der Waals surface area contributed by atoms with Crippen LogP contribution < -0.4 is 5.56 Å². The van der Waals surface area contributed by atoms with Crippen LogP contribution in [0.5, 0.6) is 0 Å². The molecule has 7 nitrogen and oxygen atoms in total. The van der Waals surface area contributed by atoms with Gasteiger partial charge in [-0.15, -0.1) is 0 Å². The first-order valence-corrected chi connectivity index (χ1v) is 13.9. The van der Waals surface area contributed by atoms with Gasteiger partial charge >= 0.3 is 0 Å². The molecule has 1 unspecified atom stereocenters. The summed E-state index contributed by atoms with van der Waals surface area (Å²) in [4.78, 5) is 40.6. The van der Waals surface area contributed by atoms with Gasteiger partial charge in [0.05, 0.1) is 28.7 Å². The van der Waals surface area contributed by atoms with Crippen molar-refractivity contribution in [2.75, 3.05) is 6.54 Å². The zero-order valence-electron chi connectivity index (χ0n) is 23.0. The van der Waals surface area contributed by atoms with Crippen LogP contribution in [0.3, 0.4) is 0 Å². The highest BCUT2D eigenvalue weighted by Gasteiger charge is 2.49. The van der Waals surface area contributed by atoms with Crippen LogP contribution >= 0.6 is 0 Å². The van der Waals surface area contributed by atoms with Crippen molar-refractivity contribution in [2.45, 2.75) is 44.2 Å². The van der Waals surface area contributed by atoms with Gasteiger partial charge in [0.2, 0.25) is 0 Å². The molecule has 2 aliphatic rings. The zero-order valence-corrected chi connectivity index (χ0v) is 23.0. The summed E-state index contributed by atoms with van der Waals surface area (Å²) in [5, 5.41) is 12.1. The molecule has 0 radical (unpaired) electrons. The van der Waals surface area contributed by atoms with Crippen LogP contribution in [0, 0.1) is 0 Å². The molecule has 2 aromatic heterocycles. The van der Waals surface area contributed by atoms with Gasteiger partial charge in [-0.05, 0) is 54.7 Å². The predicted molar refractivity (Wildman–Crippen MR) is 160 cm³/mol. The number of carbonyl (C=O) groups is 1. The minimum Gasteiger partial charge on any atom is -0.378 e. The molecule has 1 aliphatic heterocycles. The van der Waals surface area contributed by atoms with E-state index in [2.05, 4.69) is 22.6 Å². The Kier molecular flexibility index (Phi) is 6.97. The standard InChI is InChI=1S/C34H32N4O3/c1-3-5-12-26(4-2)34(15-16-34)33-36-29-14-17-38(21-27(29)31(40)37-33)32(41)30(39)24-11-8-10-22(18-24)25-19-23-9-6-7-13-28(23)35-20-25/h3-13,18-20,30,39H,1,14-17,21H2,2H3,(H,36,37,40)/b12-5-,26-4+. The summed E-state index contributed by atoms with van der Waals surface area (Å²) in [5.74, 6) is 0.250. The number of aromatic amines is 1. The molecule has 0 saturated heterocycles. The Morgan fingerprint density at radius 2 is 1.98 bits per heavy atom. The molecule has 1 saturated carbocycles. The van der Waals surface area contributed by atoms with Crippen LogP contribution in [0.25, 0.3) is 22.0 Å². The van der Waals surface area contributed by atoms with Crippen molar-refractivity contribution < 1.29 is 9.90 Å². The van der Waals surface area contributed by atoms with Crippen molar-refractivity contribution >= 4 is 16.8 Å². The van der Waals surface area contributed by atoms with E-state index >= 15 is 0 Å². The Morgan fingerprint density at radius 3 is 2.76 bits per heavy atom. The van der Waals surface area contributed by atoms with E-state index in [0.29, 0.717) is 29.9 Å². The normalized spacial score (nSPS) is 16.9. The molecule has 2 aromatic carbocycles. The van der Waals surface area contributed by atoms with Crippen molar-refractivity contribution in [3.63, 3.8) is 0 Å². The van der Waals surface area contributed by atoms with Gasteiger partial charge in [-0.1, -0.05) is 67.3 Å². The molecule has 1 amide bonds. The summed E-state index contributed by atoms with van der Waals surface area (Å²) in [6, 6.07) is 17.3. The molecule has 4 aromatic rings. The fourth-order valence-corrected chi connectivity index (χ4v) is 5.76. The number of aromatic nitrogens is 3. The van der Waals surface area contributed by atoms with E-state index in [-0.39, 0.29) is 17.5 Å². The monoisotopic (exact) mass is 544 g/mol. The van der Waals surface area contributed by atoms with Crippen LogP contribution in [0.1, 0.15) is 48.5 Å². The minimum absolute atomic E-state index is 0.113. The van der Waals surface area contributed by atoms with E-state index in [1.54, 1.807) is 23.2 Å². The first kappa shape index (κ1) is 26.6. The molecule has 2 N–H and O–H groups in total. The lowest BCUT2D eigenvalue weighted by Gasteiger charge is -2.30. The summed E-state index contributed by atoms with van der Waals surface area (Å²) >= 11 is 0. The fraction of sp³-hybridized carbons (Fsp3) is 0.235. The van der Waals surface area contributed by atoms with Crippen LogP contribution in [0.4, 0.5) is 0 Å². The number of allylic oxidation sites excluding steroid dienone is 5. The third-order valence-electron chi connectivity index (χ3n) is 8.22. The summed E-state index contributed by atoms with van der Waals surface area (Å²) in [6.07, 6.45) is 10.5. The first-order valence-electron chi connectivity index (χ1n) is 13.9. The van der Waals surface area contributed by atoms with Gasteiger partial charge in [-0.2, -0.15) is 0 Å². The second kappa shape index (κ2) is 10.7. The van der Waals surface area contributed by atoms with Gasteiger partial charge in [-0.25, -0.2) is 4.98 Å². The van der Waals surface area contributed by atoms with Crippen LogP contribution in [0.2, 0.25) is 0 Å². The van der Waals surface area contributed by atoms with E-state index in [0.717, 1.165) is 46.1 Å². The number of rotatable bonds is 7. The molecule has 6 rings (SSSR count). The molecule has 7 heteroatoms. The number of hydrogen-bond acceptors (Lipinski definition) is 5. The SMILES string of the molecule is C=C/C=C\C(=C/C)C1(c2nc3c(c(=O)[nH]2)CN(C(=O)C(O)c2cccc(-c4cnc5ccccc5c4)c2)CC3)CC1. The first-order chi connectivity index (χ1) is 19.9. The number of nitrogens with zero attached hydrogens (tertiary/aromatic N) is 3. The number of amides is 1. The lowest BCUT2D eigenvalue weighted by molar-refractivity contribution is -0.141. The second-order valence-electron chi connectivity index (χ2n) is 10.7. The molecule has 1 fully saturated rings. The summed E-state index contributed by atoms with van der Waals surface area (Å²) in [6.45, 7) is 6.24. The number of H-pyrrole nitrogens is 1. The quantitative estimate of drug-likeness (QED) is 0.307. The average molecular weight is 545 g/mol. The van der Waals surface area contributed by atoms with Crippen molar-refractivity contribution in [2.24, 2.45) is 0 Å². The smallest absolute Gasteiger partial charge is 0.256 e. The summed E-state index contributed by atoms with van der Waals surface area (Å²) < 4.78 is 0. The maximum atomic E-state index is 13.4. The lowest BCUT2D eigenvalue weighted by Crippen LogP contribution is -2.42. The van der Waals surface area contributed by atoms with Gasteiger partial charge in [0, 0.05) is 30.1 Å². The summed E-state index contributed by atoms with van der Waals surface area (Å²) in [7, 11) is 0. The summed E-state index contributed by atoms with van der Waals surface area (Å²) in [5.41, 5.74) is 4.98. The van der Waals surface area contributed by atoms with Gasteiger partial charge in [0.15, 0.2) is 6.10 Å². The minimum atomic E-state index is -1.35. The third kappa shape index (κ3) is 4.93. The highest BCUT2D eigenvalue weighted by molar-refractivity contribution is 5.85. The molecular formula is C34H32N4O3. The van der Waals surface area contributed by atoms with Crippen molar-refractivity contribution in [3.8, 4) is 11.1 Å². The Bertz CT molecular complexity index is 1780. The molecule has 3 heterocycles. The van der Waals surface area contributed by atoms with Crippen LogP contribution in [-0.4, -0.2) is 37.4 Å². The van der Waals surface area contributed by atoms with Gasteiger partial charge < -0.3 is 15.0 Å². The Morgan fingerprint density at radius 1 is 1.15 bits per heavy atom. The molecule has 206 valence electrons. The number of aliphatic hydroxyl groups is 1. The molecular weight excluding hydrogens is 512 g/mol. The zero-order chi connectivity index (χ0) is 28.6. The van der Waals surface area contributed by atoms with E-state index in [4.69, 9.17) is 4.98 Å². The second-order valence-corrected chi connectivity index (χ2v) is 10.7. The van der Waals surface area contributed by atoms with Gasteiger partial charge in [-0.3, -0.25) is 14.6 Å². The Hall–Kier alpha value is -4.62. The van der Waals surface area contributed by atoms with Crippen LogP contribution in [0.15, 0.2) is 102 Å². The van der Waals surface area contributed by atoms with E-state index < -0.39 is 12.0 Å². The number of carbonyl (C=O) groups excluding carboxylic acids is 1. The van der Waals surface area contributed by atoms with Gasteiger partial charge in [0.25, 0.3) is 11.5 Å². The highest BCUT2D eigenvalue weighted by atomic mass is 16.3. The maximum Gasteiger partial charge on any atom is 0.256 e. The average Bonchev–Trinajstić information content (AvgIpc) is 3.82. The maximum absolute atomic E-state index is 13.4. The van der Waals surface area contributed by atoms with E-state index in [9.17, 15) is 14.7 Å². The number of hydrogen-bond donors (Lipinski definition) is 2. The molecule has 41 heavy (non-hydrogen) atoms. The highest BCUT2D eigenvalue weighted by Crippen LogP contribution is 2.52. The van der Waals surface area contributed by atoms with Crippen molar-refractivity contribution in [1.82, 2.24) is 19.9 Å². The van der Waals surface area contributed by atoms with E-state index in [1.165, 1.54) is 0 Å². The predicted octanol–water partition coefficient (Wildman–Crippen LogP) is 5.32. The number of para-hydroxylation sites is 1. The molecule has 1 atom stereocenters. The topological polar surface area (TPSA) is 99.2 Å². The fourth-order valence-electron chi connectivity index (χ4n) is 5.76. The largest absolute Gasteiger partial charge is 0.378 e. The van der Waals surface area contributed by atoms with Crippen LogP contribution in [-0.2, 0) is 23.2 Å². The number of aliphatic hydroxyl groups excluding tert-OH is 1. The molecule has 0 bridgehead atoms. The van der Waals surface area contributed by atoms with E-state index in [1.807, 2.05) is 67.6 Å². The molecule has 1 aliphatic carbocycles. The van der Waals surface area contributed by atoms with Crippen molar-refractivity contribution in [1.29, 1.82) is 0 Å². The van der Waals surface area contributed by atoms with Crippen molar-refractivity contribution in [3.05, 3.63) is 130 Å². The molecule has 0 spiro atoms. The number of benzene rings is 2. The Balaban J connectivity index is 1.22. The van der Waals surface area contributed by atoms with Gasteiger partial charge in [0.1, 0.15) is 5.82 Å². The number of fused-ring (bicyclic) bond motifs is 2. The lowest BCUT2D eigenvalue weighted by atomic mass is 9.93. The third-order valence-corrected chi connectivity index (χ3v) is 8.22. The Labute approximate surface area is 238 Å². The number of pyridine rings is 1. The number of nitrogens with one attached hydrogen (secondary N) is 1.